The Bertz CT molecular complexity index is 1210. The molecule has 0 spiro atoms. The van der Waals surface area contributed by atoms with Gasteiger partial charge in [-0.25, -0.2) is 17.4 Å². The number of hydrogen-bond acceptors (Lipinski definition) is 6. The number of aromatic nitrogens is 2. The van der Waals surface area contributed by atoms with Crippen molar-refractivity contribution in [1.82, 2.24) is 14.3 Å². The topological polar surface area (TPSA) is 119 Å². The molecule has 0 aliphatic heterocycles. The van der Waals surface area contributed by atoms with Crippen molar-refractivity contribution >= 4 is 38.3 Å². The minimum absolute atomic E-state index is 0.0300. The average Bonchev–Trinajstić information content (AvgIpc) is 3.21. The fourth-order valence-corrected chi connectivity index (χ4v) is 5.57. The third-order valence-corrected chi connectivity index (χ3v) is 7.57. The average molecular weight is 456 g/mol. The highest BCUT2D eigenvalue weighted by molar-refractivity contribution is 7.90. The lowest BCUT2D eigenvalue weighted by Gasteiger charge is -2.30. The summed E-state index contributed by atoms with van der Waals surface area (Å²) in [5.41, 5.74) is 7.70. The summed E-state index contributed by atoms with van der Waals surface area (Å²) in [5.74, 6) is 0.148. The number of benzene rings is 1. The zero-order valence-corrected chi connectivity index (χ0v) is 19.1. The molecule has 0 unspecified atom stereocenters. The van der Waals surface area contributed by atoms with Crippen LogP contribution in [0.15, 0.2) is 53.7 Å². The summed E-state index contributed by atoms with van der Waals surface area (Å²) in [6, 6.07) is 10.3. The number of carbonyl (C=O) groups is 1. The van der Waals surface area contributed by atoms with E-state index in [1.54, 1.807) is 36.4 Å². The number of pyridine rings is 1. The highest BCUT2D eigenvalue weighted by Crippen LogP contribution is 2.34. The monoisotopic (exact) mass is 455 g/mol. The van der Waals surface area contributed by atoms with E-state index in [2.05, 4.69) is 15.6 Å². The fraction of sp³-hybridized carbons (Fsp3) is 0.391. The van der Waals surface area contributed by atoms with Gasteiger partial charge < -0.3 is 16.4 Å². The van der Waals surface area contributed by atoms with E-state index in [1.807, 2.05) is 13.8 Å². The van der Waals surface area contributed by atoms with Crippen molar-refractivity contribution in [3.8, 4) is 0 Å². The molecular formula is C23H29N5O3S. The molecular weight excluding hydrogens is 426 g/mol. The molecule has 0 saturated heterocycles. The molecule has 0 bridgehead atoms. The molecule has 3 aromatic rings. The highest BCUT2D eigenvalue weighted by Gasteiger charge is 2.28. The van der Waals surface area contributed by atoms with Gasteiger partial charge in [-0.05, 0) is 57.7 Å². The Hall–Kier alpha value is -3.07. The first-order chi connectivity index (χ1) is 15.3. The number of rotatable bonds is 6. The summed E-state index contributed by atoms with van der Waals surface area (Å²) in [6.45, 7) is 3.93. The molecule has 0 radical (unpaired) electrons. The van der Waals surface area contributed by atoms with Gasteiger partial charge in [0.05, 0.1) is 22.5 Å². The standard InChI is InChI=1S/C23H29N5O3S/c1-15(2)26-23(29)16-8-10-17(11-9-16)27-21-19-12-13-28(22(19)25-14-20(21)24)32(30,31)18-6-4-3-5-7-18/h3-7,12-17H,8-11,24H2,1-2H3,(H,25,27)(H,26,29). The van der Waals surface area contributed by atoms with Crippen LogP contribution in [0, 0.1) is 5.92 Å². The molecule has 2 heterocycles. The van der Waals surface area contributed by atoms with E-state index in [9.17, 15) is 13.2 Å². The van der Waals surface area contributed by atoms with Crippen LogP contribution in [0.5, 0.6) is 0 Å². The molecule has 4 N–H and O–H groups in total. The van der Waals surface area contributed by atoms with Crippen LogP contribution in [0.4, 0.5) is 11.4 Å². The number of nitrogens with zero attached hydrogens (tertiary/aromatic N) is 2. The quantitative estimate of drug-likeness (QED) is 0.524. The van der Waals surface area contributed by atoms with E-state index in [4.69, 9.17) is 5.73 Å². The molecule has 1 fully saturated rings. The Labute approximate surface area is 188 Å². The van der Waals surface area contributed by atoms with Crippen molar-refractivity contribution in [3.63, 3.8) is 0 Å². The Balaban J connectivity index is 1.56. The Morgan fingerprint density at radius 1 is 1.12 bits per heavy atom. The van der Waals surface area contributed by atoms with Gasteiger partial charge >= 0.3 is 0 Å². The number of fused-ring (bicyclic) bond motifs is 1. The molecule has 170 valence electrons. The van der Waals surface area contributed by atoms with Gasteiger partial charge in [0.1, 0.15) is 0 Å². The highest BCUT2D eigenvalue weighted by atomic mass is 32.2. The second-order valence-corrected chi connectivity index (χ2v) is 10.4. The molecule has 32 heavy (non-hydrogen) atoms. The molecule has 8 nitrogen and oxygen atoms in total. The van der Waals surface area contributed by atoms with Crippen LogP contribution in [0.3, 0.4) is 0 Å². The lowest BCUT2D eigenvalue weighted by Crippen LogP contribution is -2.38. The largest absolute Gasteiger partial charge is 0.396 e. The molecule has 4 rings (SSSR count). The third-order valence-electron chi connectivity index (χ3n) is 5.89. The van der Waals surface area contributed by atoms with Crippen LogP contribution in [0.1, 0.15) is 39.5 Å². The van der Waals surface area contributed by atoms with Crippen LogP contribution in [-0.2, 0) is 14.8 Å². The minimum atomic E-state index is -3.77. The first kappa shape index (κ1) is 22.1. The molecule has 2 aromatic heterocycles. The number of carbonyl (C=O) groups excluding carboxylic acids is 1. The molecule has 0 atom stereocenters. The van der Waals surface area contributed by atoms with Crippen molar-refractivity contribution in [2.45, 2.75) is 56.5 Å². The molecule has 1 aliphatic rings. The molecule has 9 heteroatoms. The Morgan fingerprint density at radius 3 is 2.47 bits per heavy atom. The fourth-order valence-electron chi connectivity index (χ4n) is 4.25. The first-order valence-corrected chi connectivity index (χ1v) is 12.3. The van der Waals surface area contributed by atoms with Crippen LogP contribution in [-0.4, -0.2) is 35.4 Å². The third kappa shape index (κ3) is 4.29. The SMILES string of the molecule is CC(C)NC(=O)C1CCC(Nc2c(N)cnc3c2ccn3S(=O)(=O)c2ccccc2)CC1. The van der Waals surface area contributed by atoms with Crippen molar-refractivity contribution in [2.24, 2.45) is 5.92 Å². The van der Waals surface area contributed by atoms with E-state index < -0.39 is 10.0 Å². The summed E-state index contributed by atoms with van der Waals surface area (Å²) >= 11 is 0. The van der Waals surface area contributed by atoms with Crippen LogP contribution < -0.4 is 16.4 Å². The lowest BCUT2D eigenvalue weighted by molar-refractivity contribution is -0.126. The zero-order chi connectivity index (χ0) is 22.9. The van der Waals surface area contributed by atoms with Crippen molar-refractivity contribution in [3.05, 3.63) is 48.8 Å². The second-order valence-electron chi connectivity index (χ2n) is 8.61. The van der Waals surface area contributed by atoms with Crippen LogP contribution in [0.25, 0.3) is 11.0 Å². The zero-order valence-electron chi connectivity index (χ0n) is 18.3. The van der Waals surface area contributed by atoms with Crippen LogP contribution in [0.2, 0.25) is 0 Å². The second kappa shape index (κ2) is 8.82. The minimum Gasteiger partial charge on any atom is -0.396 e. The first-order valence-electron chi connectivity index (χ1n) is 10.9. The maximum absolute atomic E-state index is 13.1. The summed E-state index contributed by atoms with van der Waals surface area (Å²) in [6.07, 6.45) is 6.27. The van der Waals surface area contributed by atoms with Gasteiger partial charge in [0.2, 0.25) is 5.91 Å². The lowest BCUT2D eigenvalue weighted by atomic mass is 9.85. The smallest absolute Gasteiger partial charge is 0.269 e. The van der Waals surface area contributed by atoms with E-state index >= 15 is 0 Å². The van der Waals surface area contributed by atoms with Crippen molar-refractivity contribution < 1.29 is 13.2 Å². The number of nitrogens with one attached hydrogen (secondary N) is 2. The van der Waals surface area contributed by atoms with Gasteiger partial charge in [-0.2, -0.15) is 0 Å². The number of nitrogens with two attached hydrogens (primary N) is 1. The summed E-state index contributed by atoms with van der Waals surface area (Å²) in [7, 11) is -3.77. The summed E-state index contributed by atoms with van der Waals surface area (Å²) in [5, 5.41) is 7.14. The van der Waals surface area contributed by atoms with E-state index in [-0.39, 0.29) is 28.8 Å². The van der Waals surface area contributed by atoms with E-state index in [1.165, 1.54) is 16.4 Å². The molecule has 1 aromatic carbocycles. The van der Waals surface area contributed by atoms with Crippen molar-refractivity contribution in [1.29, 1.82) is 0 Å². The van der Waals surface area contributed by atoms with E-state index in [0.29, 0.717) is 22.4 Å². The van der Waals surface area contributed by atoms with Gasteiger partial charge in [0.25, 0.3) is 10.0 Å². The molecule has 1 aliphatic carbocycles. The van der Waals surface area contributed by atoms with Gasteiger partial charge in [0.15, 0.2) is 5.65 Å². The summed E-state index contributed by atoms with van der Waals surface area (Å²) < 4.78 is 27.4. The number of anilines is 2. The molecule has 1 amide bonds. The number of amides is 1. The van der Waals surface area contributed by atoms with Crippen molar-refractivity contribution in [2.75, 3.05) is 11.1 Å². The maximum Gasteiger partial charge on any atom is 0.269 e. The van der Waals surface area contributed by atoms with Gasteiger partial charge in [0, 0.05) is 29.6 Å². The maximum atomic E-state index is 13.1. The van der Waals surface area contributed by atoms with Crippen LogP contribution >= 0.6 is 0 Å². The number of nitrogen functional groups attached to an aromatic ring is 1. The summed E-state index contributed by atoms with van der Waals surface area (Å²) in [4.78, 5) is 16.8. The normalized spacial score (nSPS) is 19.2. The Kier molecular flexibility index (Phi) is 6.10. The predicted molar refractivity (Wildman–Crippen MR) is 126 cm³/mol. The predicted octanol–water partition coefficient (Wildman–Crippen LogP) is 3.35. The molecule has 1 saturated carbocycles. The van der Waals surface area contributed by atoms with Gasteiger partial charge in [-0.3, -0.25) is 4.79 Å². The Morgan fingerprint density at radius 2 is 1.81 bits per heavy atom. The van der Waals surface area contributed by atoms with E-state index in [0.717, 1.165) is 25.7 Å². The van der Waals surface area contributed by atoms with Gasteiger partial charge in [-0.1, -0.05) is 18.2 Å². The van der Waals surface area contributed by atoms with Gasteiger partial charge in [-0.15, -0.1) is 0 Å². The number of hydrogen-bond donors (Lipinski definition) is 3.